The number of aromatic nitrogens is 6. The molecule has 0 atom stereocenters. The molecule has 0 saturated carbocycles. The summed E-state index contributed by atoms with van der Waals surface area (Å²) in [6.07, 6.45) is 10.1. The fourth-order valence-electron chi connectivity index (χ4n) is 3.20. The summed E-state index contributed by atoms with van der Waals surface area (Å²) in [5.74, 6) is -0.287. The topological polar surface area (TPSA) is 213 Å². The van der Waals surface area contributed by atoms with Crippen molar-refractivity contribution in [2.45, 2.75) is 0 Å². The Morgan fingerprint density at radius 3 is 1.05 bits per heavy atom. The summed E-state index contributed by atoms with van der Waals surface area (Å²) in [5.41, 5.74) is 4.05. The monoisotopic (exact) mass is 790 g/mol. The fraction of sp³-hybridized carbons (Fsp3) is 0. The van der Waals surface area contributed by atoms with Gasteiger partial charge in [0.15, 0.2) is 0 Å². The molecule has 6 heterocycles. The number of pyridine rings is 6. The largest absolute Gasteiger partial charge is 2.00 e. The third-order valence-electron chi connectivity index (χ3n) is 4.97. The van der Waals surface area contributed by atoms with Gasteiger partial charge in [0.05, 0.1) is 28.5 Å². The van der Waals surface area contributed by atoms with E-state index in [1.54, 1.807) is 36.9 Å². The van der Waals surface area contributed by atoms with Gasteiger partial charge < -0.3 is 10.2 Å². The normalized spacial score (nSPS) is 9.82. The van der Waals surface area contributed by atoms with Crippen LogP contribution in [-0.4, -0.2) is 35.0 Å². The van der Waals surface area contributed by atoms with Crippen LogP contribution in [0.1, 0.15) is 0 Å². The van der Waals surface area contributed by atoms with E-state index in [1.165, 1.54) is 24.5 Å². The van der Waals surface area contributed by atoms with Gasteiger partial charge in [0, 0.05) is 37.2 Å². The third-order valence-corrected chi connectivity index (χ3v) is 4.97. The van der Waals surface area contributed by atoms with Crippen molar-refractivity contribution in [3.63, 3.8) is 0 Å². The molecule has 0 aliphatic heterocycles. The van der Waals surface area contributed by atoms with E-state index in [4.69, 9.17) is 18.6 Å². The molecule has 12 nitrogen and oxygen atoms in total. The number of rotatable bonds is 3. The van der Waals surface area contributed by atoms with Gasteiger partial charge in [0.2, 0.25) is 0 Å². The van der Waals surface area contributed by atoms with Crippen LogP contribution in [-0.2, 0) is 19.8 Å². The maximum absolute atomic E-state index is 11.4. The Labute approximate surface area is 267 Å². The van der Waals surface area contributed by atoms with Gasteiger partial charge in [-0.2, -0.15) is 0 Å². The van der Waals surface area contributed by atoms with E-state index >= 15 is 0 Å². The smallest absolute Gasteiger partial charge is 0.871 e. The average Bonchev–Trinajstić information content (AvgIpc) is 3.03. The molecule has 0 saturated heterocycles. The summed E-state index contributed by atoms with van der Waals surface area (Å²) in [7, 11) is -4.94. The summed E-state index contributed by atoms with van der Waals surface area (Å²) in [6.45, 7) is 0. The Hall–Kier alpha value is -4.73. The molecule has 6 aromatic rings. The van der Waals surface area contributed by atoms with Crippen LogP contribution < -0.4 is 23.7 Å². The first kappa shape index (κ1) is 35.5. The van der Waals surface area contributed by atoms with Gasteiger partial charge in [-0.1, -0.05) is 36.1 Å². The van der Waals surface area contributed by atoms with Crippen molar-refractivity contribution in [1.29, 1.82) is 0 Å². The van der Waals surface area contributed by atoms with Crippen LogP contribution in [0.15, 0.2) is 134 Å². The van der Waals surface area contributed by atoms with Gasteiger partial charge in [-0.25, -0.2) is 18.6 Å². The minimum atomic E-state index is -4.94. The minimum absolute atomic E-state index is 0. The first-order chi connectivity index (χ1) is 20.7. The summed E-state index contributed by atoms with van der Waals surface area (Å²) >= 11 is 0. The first-order valence-electron chi connectivity index (χ1n) is 12.3. The number of hydrogen-bond acceptors (Lipinski definition) is 12. The van der Waals surface area contributed by atoms with Crippen molar-refractivity contribution < 1.29 is 58.9 Å². The predicted octanol–water partition coefficient (Wildman–Crippen LogP) is 0.452. The number of nitrogens with zero attached hydrogens (tertiary/aromatic N) is 6. The number of aromatic hydroxyl groups is 1. The van der Waals surface area contributed by atoms with Gasteiger partial charge in [0.1, 0.15) is 11.4 Å². The van der Waals surface area contributed by atoms with Crippen LogP contribution in [0.2, 0.25) is 0 Å². The quantitative estimate of drug-likeness (QED) is 0.259. The molecule has 0 aliphatic carbocycles. The Balaban J connectivity index is 0.000000212. The Kier molecular flexibility index (Phi) is 15.1. The van der Waals surface area contributed by atoms with E-state index < -0.39 is 10.2 Å². The van der Waals surface area contributed by atoms with Crippen molar-refractivity contribution in [3.8, 4) is 45.7 Å². The molecular weight excluding hydrogens is 766 g/mol. The van der Waals surface area contributed by atoms with Crippen molar-refractivity contribution in [2.75, 3.05) is 0 Å². The van der Waals surface area contributed by atoms with Crippen molar-refractivity contribution >= 4 is 0 Å². The van der Waals surface area contributed by atoms with Crippen LogP contribution in [0.5, 0.6) is 11.5 Å². The van der Waals surface area contributed by atoms with E-state index in [9.17, 15) is 10.2 Å². The zero-order chi connectivity index (χ0) is 30.9. The molecule has 0 unspecified atom stereocenters. The molecule has 0 radical (unpaired) electrons. The fourth-order valence-corrected chi connectivity index (χ4v) is 3.20. The van der Waals surface area contributed by atoms with Crippen LogP contribution in [0.4, 0.5) is 0 Å². The molecule has 224 valence electrons. The van der Waals surface area contributed by atoms with Crippen molar-refractivity contribution in [2.24, 2.45) is 0 Å². The van der Waals surface area contributed by atoms with E-state index in [0.29, 0.717) is 0 Å². The second-order valence-corrected chi connectivity index (χ2v) is 8.72. The zero-order valence-electron chi connectivity index (χ0n) is 22.6. The Morgan fingerprint density at radius 1 is 0.432 bits per heavy atom. The van der Waals surface area contributed by atoms with Crippen LogP contribution >= 0.6 is 0 Å². The molecule has 44 heavy (non-hydrogen) atoms. The maximum Gasteiger partial charge on any atom is 2.00 e. The summed E-state index contributed by atoms with van der Waals surface area (Å²) in [4.78, 5) is 24.5. The molecule has 0 bridgehead atoms. The van der Waals surface area contributed by atoms with Crippen LogP contribution in [0, 0.1) is 10.2 Å². The predicted molar refractivity (Wildman–Crippen MR) is 144 cm³/mol. The van der Waals surface area contributed by atoms with E-state index in [0.717, 1.165) is 22.8 Å². The minimum Gasteiger partial charge on any atom is -0.871 e. The standard InChI is InChI=1S/C10H8N2O2.2C10H8N2.ClHO4.Os/c13-7-3-1-5-11-9(7)10-8(14)4-2-6-12-10;2*1-3-7-11-9(5-1)10-6-2-4-8-12-10;2-1(3,4)5;/h1-6,13-14H;2*1-8H;(H,2,3,4,5);/q;;;;+2/p-2. The molecule has 1 N–H and O–H groups in total. The van der Waals surface area contributed by atoms with Gasteiger partial charge in [-0.05, 0) is 66.7 Å². The van der Waals surface area contributed by atoms with Crippen molar-refractivity contribution in [1.82, 2.24) is 29.9 Å². The van der Waals surface area contributed by atoms with E-state index in [1.807, 2.05) is 72.8 Å². The second kappa shape index (κ2) is 18.7. The van der Waals surface area contributed by atoms with Gasteiger partial charge >= 0.3 is 19.8 Å². The van der Waals surface area contributed by atoms with Gasteiger partial charge in [-0.3, -0.25) is 29.9 Å². The molecule has 6 rings (SSSR count). The molecule has 0 aromatic carbocycles. The Morgan fingerprint density at radius 2 is 0.750 bits per heavy atom. The molecule has 6 aromatic heterocycles. The SMILES string of the molecule is [O-][Cl+3]([O-])([O-])[O-].[O-]c1cccnc1-c1ncccc1O.[Os+2].c1ccc(-c2ccccn2)nc1.c1ccc(-c2ccccn2)nc1. The molecule has 0 aliphatic rings. The molecular formula is C30H23ClN6O6Os. The summed E-state index contributed by atoms with van der Waals surface area (Å²) in [5, 5.41) is 20.8. The molecule has 0 fully saturated rings. The summed E-state index contributed by atoms with van der Waals surface area (Å²) in [6, 6.07) is 29.2. The van der Waals surface area contributed by atoms with Crippen LogP contribution in [0.25, 0.3) is 34.2 Å². The maximum atomic E-state index is 11.4. The average molecular weight is 789 g/mol. The second-order valence-electron chi connectivity index (χ2n) is 7.96. The van der Waals surface area contributed by atoms with E-state index in [2.05, 4.69) is 29.9 Å². The van der Waals surface area contributed by atoms with Crippen LogP contribution in [0.3, 0.4) is 0 Å². The molecule has 0 spiro atoms. The van der Waals surface area contributed by atoms with Crippen molar-refractivity contribution in [3.05, 3.63) is 134 Å². The first-order valence-corrected chi connectivity index (χ1v) is 13.5. The Bertz CT molecular complexity index is 1440. The van der Waals surface area contributed by atoms with E-state index in [-0.39, 0.29) is 42.7 Å². The number of halogens is 1. The van der Waals surface area contributed by atoms with Gasteiger partial charge in [-0.15, -0.1) is 10.2 Å². The third kappa shape index (κ3) is 13.1. The zero-order valence-corrected chi connectivity index (χ0v) is 25.9. The van der Waals surface area contributed by atoms with Gasteiger partial charge in [0.25, 0.3) is 0 Å². The number of hydrogen-bond donors (Lipinski definition) is 1. The molecule has 14 heteroatoms. The molecule has 0 amide bonds. The summed E-state index contributed by atoms with van der Waals surface area (Å²) < 4.78 is 34.0.